The van der Waals surface area contributed by atoms with Crippen molar-refractivity contribution in [2.24, 2.45) is 4.99 Å². The van der Waals surface area contributed by atoms with Crippen molar-refractivity contribution in [3.8, 4) is 5.69 Å². The molecule has 1 aliphatic heterocycles. The Balaban J connectivity index is 1.65. The number of nitrogens with zero attached hydrogens (tertiary/aromatic N) is 3. The molecule has 8 heteroatoms. The molecule has 0 spiro atoms. The summed E-state index contributed by atoms with van der Waals surface area (Å²) in [5.41, 5.74) is 6.12. The van der Waals surface area contributed by atoms with Crippen molar-refractivity contribution in [3.05, 3.63) is 86.0 Å². The molecule has 0 bridgehead atoms. The van der Waals surface area contributed by atoms with Crippen molar-refractivity contribution in [1.29, 1.82) is 0 Å². The predicted octanol–water partition coefficient (Wildman–Crippen LogP) is 6.10. The minimum atomic E-state index is -0.988. The van der Waals surface area contributed by atoms with Crippen molar-refractivity contribution in [2.45, 2.75) is 20.8 Å². The van der Waals surface area contributed by atoms with Crippen molar-refractivity contribution < 1.29 is 14.7 Å². The first-order valence-corrected chi connectivity index (χ1v) is 11.8. The normalized spacial score (nSPS) is 16.3. The maximum atomic E-state index is 12.9. The Bertz CT molecular complexity index is 1340. The largest absolute Gasteiger partial charge is 0.478 e. The lowest BCUT2D eigenvalue weighted by Crippen LogP contribution is -2.23. The van der Waals surface area contributed by atoms with Gasteiger partial charge in [-0.1, -0.05) is 15.9 Å². The third-order valence-electron chi connectivity index (χ3n) is 5.50. The molecule has 1 saturated heterocycles. The summed E-state index contributed by atoms with van der Waals surface area (Å²) in [6.07, 6.45) is 1.91. The Morgan fingerprint density at radius 3 is 2.42 bits per heavy atom. The molecule has 0 radical (unpaired) electrons. The fourth-order valence-electron chi connectivity index (χ4n) is 3.68. The van der Waals surface area contributed by atoms with Gasteiger partial charge in [0.05, 0.1) is 16.2 Å². The number of benzene rings is 2. The van der Waals surface area contributed by atoms with E-state index in [2.05, 4.69) is 57.5 Å². The van der Waals surface area contributed by atoms with Crippen molar-refractivity contribution in [1.82, 2.24) is 9.47 Å². The van der Waals surface area contributed by atoms with Crippen LogP contribution in [-0.4, -0.2) is 38.7 Å². The number of aryl methyl sites for hydroxylation is 2. The van der Waals surface area contributed by atoms with Crippen LogP contribution in [0.25, 0.3) is 11.8 Å². The van der Waals surface area contributed by atoms with E-state index < -0.39 is 5.97 Å². The smallest absolute Gasteiger partial charge is 0.335 e. The maximum Gasteiger partial charge on any atom is 0.335 e. The number of carbonyl (C=O) groups excluding carboxylic acids is 1. The van der Waals surface area contributed by atoms with Gasteiger partial charge in [0.1, 0.15) is 0 Å². The average Bonchev–Trinajstić information content (AvgIpc) is 3.20. The molecular weight excluding hydrogens is 502 g/mol. The van der Waals surface area contributed by atoms with Crippen LogP contribution >= 0.6 is 27.7 Å². The number of likely N-dealkylation sites (N-methyl/N-ethyl adjacent to an activating group) is 1. The van der Waals surface area contributed by atoms with Crippen molar-refractivity contribution in [3.63, 3.8) is 0 Å². The standard InChI is InChI=1S/C25H22BrN3O3S/c1-14-11-20(9-10-21(14)26)29-15(2)12-18(16(29)3)13-22-23(30)28(4)25(33-22)27-19-7-5-17(6-8-19)24(31)32/h5-13H,1-4H3,(H,31,32)/b22-13-,27-25?. The van der Waals surface area contributed by atoms with Crippen LogP contribution in [0.2, 0.25) is 0 Å². The number of rotatable bonds is 4. The summed E-state index contributed by atoms with van der Waals surface area (Å²) in [4.78, 5) is 30.5. The number of carboxylic acids is 1. The summed E-state index contributed by atoms with van der Waals surface area (Å²) in [7, 11) is 1.69. The fraction of sp³-hybridized carbons (Fsp3) is 0.160. The third kappa shape index (κ3) is 4.54. The Hall–Kier alpha value is -3.10. The first-order chi connectivity index (χ1) is 15.7. The minimum absolute atomic E-state index is 0.120. The van der Waals surface area contributed by atoms with Crippen LogP contribution in [0.5, 0.6) is 0 Å². The summed E-state index contributed by atoms with van der Waals surface area (Å²) in [5.74, 6) is -1.11. The van der Waals surface area contributed by atoms with Gasteiger partial charge in [0.15, 0.2) is 5.17 Å². The quantitative estimate of drug-likeness (QED) is 0.419. The lowest BCUT2D eigenvalue weighted by Gasteiger charge is -2.11. The van der Waals surface area contributed by atoms with Crippen LogP contribution in [0.15, 0.2) is 62.9 Å². The van der Waals surface area contributed by atoms with Crippen LogP contribution in [0.3, 0.4) is 0 Å². The lowest BCUT2D eigenvalue weighted by atomic mass is 10.2. The highest BCUT2D eigenvalue weighted by Gasteiger charge is 2.30. The number of hydrogen-bond donors (Lipinski definition) is 1. The monoisotopic (exact) mass is 523 g/mol. The van der Waals surface area contributed by atoms with Gasteiger partial charge in [-0.25, -0.2) is 9.79 Å². The number of hydrogen-bond acceptors (Lipinski definition) is 4. The van der Waals surface area contributed by atoms with E-state index in [4.69, 9.17) is 5.11 Å². The molecule has 4 rings (SSSR count). The first-order valence-electron chi connectivity index (χ1n) is 10.2. The fourth-order valence-corrected chi connectivity index (χ4v) is 4.91. The van der Waals surface area contributed by atoms with E-state index in [0.717, 1.165) is 32.7 Å². The summed E-state index contributed by atoms with van der Waals surface area (Å²) in [5, 5.41) is 9.60. The summed E-state index contributed by atoms with van der Waals surface area (Å²) < 4.78 is 3.25. The molecule has 2 aromatic carbocycles. The minimum Gasteiger partial charge on any atom is -0.478 e. The molecule has 1 amide bonds. The third-order valence-corrected chi connectivity index (χ3v) is 7.45. The molecule has 3 aromatic rings. The van der Waals surface area contributed by atoms with Gasteiger partial charge in [0.25, 0.3) is 5.91 Å². The summed E-state index contributed by atoms with van der Waals surface area (Å²) >= 11 is 4.86. The maximum absolute atomic E-state index is 12.9. The zero-order valence-electron chi connectivity index (χ0n) is 18.6. The first kappa shape index (κ1) is 23.1. The molecule has 0 saturated carbocycles. The van der Waals surface area contributed by atoms with Gasteiger partial charge in [-0.3, -0.25) is 9.69 Å². The molecule has 0 atom stereocenters. The zero-order chi connectivity index (χ0) is 23.9. The zero-order valence-corrected chi connectivity index (χ0v) is 21.0. The molecule has 1 fully saturated rings. The van der Waals surface area contributed by atoms with Crippen molar-refractivity contribution >= 4 is 56.5 Å². The Morgan fingerprint density at radius 1 is 1.09 bits per heavy atom. The molecule has 1 aliphatic rings. The molecule has 6 nitrogen and oxygen atoms in total. The van der Waals surface area contributed by atoms with Crippen LogP contribution in [-0.2, 0) is 4.79 Å². The number of halogens is 1. The Kier molecular flexibility index (Phi) is 6.32. The van der Waals surface area contributed by atoms with E-state index >= 15 is 0 Å². The number of aromatic carboxylic acids is 1. The predicted molar refractivity (Wildman–Crippen MR) is 137 cm³/mol. The number of aromatic nitrogens is 1. The molecular formula is C25H22BrN3O3S. The molecule has 0 aliphatic carbocycles. The Labute approximate surface area is 204 Å². The van der Waals surface area contributed by atoms with Crippen LogP contribution in [0.1, 0.15) is 32.9 Å². The SMILES string of the molecule is Cc1cc(-n2c(C)cc(/C=C3\SC(=Nc4ccc(C(=O)O)cc4)N(C)C3=O)c2C)ccc1Br. The van der Waals surface area contributed by atoms with E-state index in [1.807, 2.05) is 19.1 Å². The second kappa shape index (κ2) is 9.03. The van der Waals surface area contributed by atoms with Crippen LogP contribution in [0.4, 0.5) is 5.69 Å². The number of amides is 1. The molecule has 0 unspecified atom stereocenters. The van der Waals surface area contributed by atoms with Gasteiger partial charge in [0, 0.05) is 28.6 Å². The number of amidine groups is 1. The van der Waals surface area contributed by atoms with Gasteiger partial charge in [0.2, 0.25) is 0 Å². The second-order valence-corrected chi connectivity index (χ2v) is 9.68. The van der Waals surface area contributed by atoms with Gasteiger partial charge in [-0.15, -0.1) is 0 Å². The molecule has 2 heterocycles. The molecule has 1 aromatic heterocycles. The second-order valence-electron chi connectivity index (χ2n) is 7.82. The van der Waals surface area contributed by atoms with E-state index in [9.17, 15) is 9.59 Å². The summed E-state index contributed by atoms with van der Waals surface area (Å²) in [6.45, 7) is 6.16. The van der Waals surface area contributed by atoms with E-state index in [0.29, 0.717) is 15.8 Å². The highest BCUT2D eigenvalue weighted by Crippen LogP contribution is 2.34. The lowest BCUT2D eigenvalue weighted by molar-refractivity contribution is -0.121. The molecule has 33 heavy (non-hydrogen) atoms. The van der Waals surface area contributed by atoms with Gasteiger partial charge in [-0.05, 0) is 98.3 Å². The van der Waals surface area contributed by atoms with Gasteiger partial charge >= 0.3 is 5.97 Å². The Morgan fingerprint density at radius 2 is 1.79 bits per heavy atom. The average molecular weight is 524 g/mol. The van der Waals surface area contributed by atoms with Crippen LogP contribution < -0.4 is 0 Å². The number of aliphatic imine (C=N–C) groups is 1. The molecule has 1 N–H and O–H groups in total. The van der Waals surface area contributed by atoms with Gasteiger partial charge < -0.3 is 9.67 Å². The molecule has 168 valence electrons. The number of thioether (sulfide) groups is 1. The summed E-state index contributed by atoms with van der Waals surface area (Å²) in [6, 6.07) is 14.6. The number of carbonyl (C=O) groups is 2. The highest BCUT2D eigenvalue weighted by atomic mass is 79.9. The van der Waals surface area contributed by atoms with E-state index in [1.165, 1.54) is 28.8 Å². The van der Waals surface area contributed by atoms with Crippen molar-refractivity contribution in [2.75, 3.05) is 7.05 Å². The van der Waals surface area contributed by atoms with E-state index in [-0.39, 0.29) is 11.5 Å². The number of carboxylic acid groups (broad SMARTS) is 1. The van der Waals surface area contributed by atoms with Gasteiger partial charge in [-0.2, -0.15) is 0 Å². The van der Waals surface area contributed by atoms with E-state index in [1.54, 1.807) is 19.2 Å². The topological polar surface area (TPSA) is 74.9 Å². The highest BCUT2D eigenvalue weighted by molar-refractivity contribution is 9.10. The van der Waals surface area contributed by atoms with Crippen LogP contribution in [0, 0.1) is 20.8 Å².